The lowest BCUT2D eigenvalue weighted by molar-refractivity contribution is -0.124. The molecular formula is C20H17ClFN3O3. The molecule has 0 aliphatic rings. The molecule has 3 aromatic rings. The fourth-order valence-corrected chi connectivity index (χ4v) is 2.68. The molecule has 1 aromatic heterocycles. The van der Waals surface area contributed by atoms with Crippen LogP contribution in [0.5, 0.6) is 0 Å². The molecule has 0 fully saturated rings. The van der Waals surface area contributed by atoms with E-state index in [0.717, 1.165) is 11.6 Å². The van der Waals surface area contributed by atoms with Gasteiger partial charge in [0.05, 0.1) is 10.6 Å². The third-order valence-corrected chi connectivity index (χ3v) is 4.28. The predicted molar refractivity (Wildman–Crippen MR) is 104 cm³/mol. The van der Waals surface area contributed by atoms with Crippen molar-refractivity contribution in [2.24, 2.45) is 0 Å². The summed E-state index contributed by atoms with van der Waals surface area (Å²) in [4.78, 5) is 31.9. The van der Waals surface area contributed by atoms with Crippen molar-refractivity contribution in [3.8, 4) is 11.4 Å². The lowest BCUT2D eigenvalue weighted by atomic mass is 10.1. The number of rotatable bonds is 6. The van der Waals surface area contributed by atoms with Crippen LogP contribution in [0.1, 0.15) is 23.7 Å². The third-order valence-electron chi connectivity index (χ3n) is 3.99. The van der Waals surface area contributed by atoms with Gasteiger partial charge >= 0.3 is 5.97 Å². The standard InChI is InChI=1S/C20H17ClFN3O3/c1-2-17(19(26)25-14-7-8-16(22)15(21)11-14)28-20(27)13-5-3-12(4-6-13)18-23-9-10-24-18/h3-11,17H,2H2,1H3,(H,23,24)(H,25,26). The highest BCUT2D eigenvalue weighted by Crippen LogP contribution is 2.20. The van der Waals surface area contributed by atoms with Crippen molar-refractivity contribution in [2.45, 2.75) is 19.4 Å². The largest absolute Gasteiger partial charge is 0.449 e. The van der Waals surface area contributed by atoms with Crippen molar-refractivity contribution in [3.05, 3.63) is 71.3 Å². The van der Waals surface area contributed by atoms with Crippen LogP contribution in [0.25, 0.3) is 11.4 Å². The number of ether oxygens (including phenoxy) is 1. The number of carbonyl (C=O) groups is 2. The molecular weight excluding hydrogens is 385 g/mol. The van der Waals surface area contributed by atoms with Crippen LogP contribution in [0.15, 0.2) is 54.9 Å². The quantitative estimate of drug-likeness (QED) is 0.598. The van der Waals surface area contributed by atoms with Crippen LogP contribution >= 0.6 is 11.6 Å². The number of amides is 1. The Kier molecular flexibility index (Phi) is 6.06. The molecule has 1 unspecified atom stereocenters. The fraction of sp³-hybridized carbons (Fsp3) is 0.150. The number of aromatic amines is 1. The van der Waals surface area contributed by atoms with E-state index in [4.69, 9.17) is 16.3 Å². The second-order valence-electron chi connectivity index (χ2n) is 5.94. The second kappa shape index (κ2) is 8.67. The van der Waals surface area contributed by atoms with Crippen LogP contribution in [0.2, 0.25) is 5.02 Å². The van der Waals surface area contributed by atoms with Crippen molar-refractivity contribution in [2.75, 3.05) is 5.32 Å². The number of H-pyrrole nitrogens is 1. The normalized spacial score (nSPS) is 11.7. The molecule has 0 spiro atoms. The molecule has 6 nitrogen and oxygen atoms in total. The Hall–Kier alpha value is -3.19. The Morgan fingerprint density at radius 1 is 1.25 bits per heavy atom. The van der Waals surface area contributed by atoms with Gasteiger partial charge in [0.25, 0.3) is 5.91 Å². The average molecular weight is 402 g/mol. The molecule has 3 rings (SSSR count). The summed E-state index contributed by atoms with van der Waals surface area (Å²) in [6.07, 6.45) is 2.62. The summed E-state index contributed by atoms with van der Waals surface area (Å²) in [7, 11) is 0. The number of anilines is 1. The van der Waals surface area contributed by atoms with Gasteiger partial charge in [0.15, 0.2) is 6.10 Å². The average Bonchev–Trinajstić information content (AvgIpc) is 3.23. The summed E-state index contributed by atoms with van der Waals surface area (Å²) in [5.74, 6) is -1.05. The number of imidazole rings is 1. The van der Waals surface area contributed by atoms with Crippen LogP contribution in [-0.4, -0.2) is 27.9 Å². The molecule has 28 heavy (non-hydrogen) atoms. The highest BCUT2D eigenvalue weighted by molar-refractivity contribution is 6.31. The van der Waals surface area contributed by atoms with Crippen molar-refractivity contribution >= 4 is 29.2 Å². The molecule has 1 atom stereocenters. The Bertz CT molecular complexity index is 975. The number of benzene rings is 2. The lowest BCUT2D eigenvalue weighted by Gasteiger charge is -2.16. The Morgan fingerprint density at radius 3 is 2.61 bits per heavy atom. The van der Waals surface area contributed by atoms with Crippen LogP contribution in [-0.2, 0) is 9.53 Å². The summed E-state index contributed by atoms with van der Waals surface area (Å²) in [5.41, 5.74) is 1.44. The monoisotopic (exact) mass is 401 g/mol. The van der Waals surface area contributed by atoms with Gasteiger partial charge in [-0.3, -0.25) is 4.79 Å². The zero-order chi connectivity index (χ0) is 20.1. The van der Waals surface area contributed by atoms with Gasteiger partial charge in [-0.15, -0.1) is 0 Å². The number of aromatic nitrogens is 2. The van der Waals surface area contributed by atoms with Crippen molar-refractivity contribution in [1.82, 2.24) is 9.97 Å². The summed E-state index contributed by atoms with van der Waals surface area (Å²) in [6, 6.07) is 10.5. The summed E-state index contributed by atoms with van der Waals surface area (Å²) >= 11 is 5.71. The summed E-state index contributed by atoms with van der Waals surface area (Å²) in [6.45, 7) is 1.72. The van der Waals surface area contributed by atoms with Gasteiger partial charge in [-0.25, -0.2) is 14.2 Å². The lowest BCUT2D eigenvalue weighted by Crippen LogP contribution is -2.32. The van der Waals surface area contributed by atoms with E-state index in [0.29, 0.717) is 17.1 Å². The minimum atomic E-state index is -0.999. The van der Waals surface area contributed by atoms with Crippen molar-refractivity contribution in [3.63, 3.8) is 0 Å². The second-order valence-corrected chi connectivity index (χ2v) is 6.34. The maximum Gasteiger partial charge on any atom is 0.338 e. The number of nitrogens with zero attached hydrogens (tertiary/aromatic N) is 1. The Morgan fingerprint density at radius 2 is 2.00 bits per heavy atom. The molecule has 2 aromatic carbocycles. The fourth-order valence-electron chi connectivity index (χ4n) is 2.50. The zero-order valence-electron chi connectivity index (χ0n) is 14.9. The van der Waals surface area contributed by atoms with Gasteiger partial charge in [-0.2, -0.15) is 0 Å². The highest BCUT2D eigenvalue weighted by atomic mass is 35.5. The Balaban J connectivity index is 1.65. The van der Waals surface area contributed by atoms with Gasteiger partial charge in [-0.1, -0.05) is 30.7 Å². The van der Waals surface area contributed by atoms with Gasteiger partial charge in [0, 0.05) is 23.6 Å². The molecule has 0 saturated carbocycles. The number of carbonyl (C=O) groups excluding carboxylic acids is 2. The number of nitrogens with one attached hydrogen (secondary N) is 2. The van der Waals surface area contributed by atoms with E-state index in [1.165, 1.54) is 12.1 Å². The van der Waals surface area contributed by atoms with Gasteiger partial charge in [-0.05, 0) is 36.8 Å². The smallest absolute Gasteiger partial charge is 0.338 e. The number of esters is 1. The topological polar surface area (TPSA) is 84.1 Å². The van der Waals surface area contributed by atoms with Gasteiger partial charge < -0.3 is 15.0 Å². The van der Waals surface area contributed by atoms with Crippen LogP contribution in [0.3, 0.4) is 0 Å². The van der Waals surface area contributed by atoms with E-state index in [2.05, 4.69) is 15.3 Å². The van der Waals surface area contributed by atoms with Crippen molar-refractivity contribution < 1.29 is 18.7 Å². The minimum Gasteiger partial charge on any atom is -0.449 e. The summed E-state index contributed by atoms with van der Waals surface area (Å²) in [5, 5.41) is 2.45. The molecule has 8 heteroatoms. The van der Waals surface area contributed by atoms with Crippen LogP contribution < -0.4 is 5.32 Å². The third kappa shape index (κ3) is 4.55. The van der Waals surface area contributed by atoms with E-state index in [9.17, 15) is 14.0 Å². The van der Waals surface area contributed by atoms with E-state index in [1.807, 2.05) is 0 Å². The maximum atomic E-state index is 13.2. The van der Waals surface area contributed by atoms with E-state index in [-0.39, 0.29) is 11.4 Å². The van der Waals surface area contributed by atoms with Crippen LogP contribution in [0, 0.1) is 5.82 Å². The SMILES string of the molecule is CCC(OC(=O)c1ccc(-c2ncc[nH]2)cc1)C(=O)Nc1ccc(F)c(Cl)c1. The highest BCUT2D eigenvalue weighted by Gasteiger charge is 2.22. The first-order valence-corrected chi connectivity index (χ1v) is 8.92. The molecule has 1 amide bonds. The number of halogens is 2. The molecule has 0 aliphatic carbocycles. The van der Waals surface area contributed by atoms with E-state index >= 15 is 0 Å². The minimum absolute atomic E-state index is 0.112. The summed E-state index contributed by atoms with van der Waals surface area (Å²) < 4.78 is 18.5. The molecule has 2 N–H and O–H groups in total. The molecule has 0 saturated heterocycles. The van der Waals surface area contributed by atoms with Crippen molar-refractivity contribution in [1.29, 1.82) is 0 Å². The maximum absolute atomic E-state index is 13.2. The van der Waals surface area contributed by atoms with E-state index < -0.39 is 23.8 Å². The Labute approximate surface area is 165 Å². The van der Waals surface area contributed by atoms with Gasteiger partial charge in [0.1, 0.15) is 11.6 Å². The molecule has 144 valence electrons. The van der Waals surface area contributed by atoms with E-state index in [1.54, 1.807) is 43.6 Å². The molecule has 0 aliphatic heterocycles. The number of hydrogen-bond donors (Lipinski definition) is 2. The van der Waals surface area contributed by atoms with Gasteiger partial charge in [0.2, 0.25) is 0 Å². The van der Waals surface area contributed by atoms with Crippen LogP contribution in [0.4, 0.5) is 10.1 Å². The predicted octanol–water partition coefficient (Wildman–Crippen LogP) is 4.44. The first-order chi connectivity index (χ1) is 13.5. The molecule has 0 bridgehead atoms. The molecule has 1 heterocycles. The number of hydrogen-bond acceptors (Lipinski definition) is 4. The first-order valence-electron chi connectivity index (χ1n) is 8.54. The zero-order valence-corrected chi connectivity index (χ0v) is 15.7. The molecule has 0 radical (unpaired) electrons. The first kappa shape index (κ1) is 19.6.